The monoisotopic (exact) mass is 294 g/mol. The van der Waals surface area contributed by atoms with Crippen molar-refractivity contribution in [1.82, 2.24) is 10.2 Å². The largest absolute Gasteiger partial charge is 0.313 e. The van der Waals surface area contributed by atoms with Gasteiger partial charge in [0.25, 0.3) is 0 Å². The Balaban J connectivity index is 1.74. The molecule has 1 heterocycles. The van der Waals surface area contributed by atoms with Crippen molar-refractivity contribution in [2.24, 2.45) is 0 Å². The highest BCUT2D eigenvalue weighted by Crippen LogP contribution is 2.35. The Labute approximate surface area is 125 Å². The van der Waals surface area contributed by atoms with Crippen molar-refractivity contribution >= 4 is 0 Å². The minimum absolute atomic E-state index is 0.0723. The van der Waals surface area contributed by atoms with E-state index in [9.17, 15) is 8.78 Å². The van der Waals surface area contributed by atoms with Crippen molar-refractivity contribution in [1.29, 1.82) is 0 Å². The fourth-order valence-electron chi connectivity index (χ4n) is 3.38. The zero-order valence-electron chi connectivity index (χ0n) is 12.6. The van der Waals surface area contributed by atoms with E-state index in [0.29, 0.717) is 17.6 Å². The van der Waals surface area contributed by atoms with Gasteiger partial charge in [0, 0.05) is 30.2 Å². The number of hydrogen-bond donors (Lipinski definition) is 1. The van der Waals surface area contributed by atoms with E-state index in [1.165, 1.54) is 50.3 Å². The van der Waals surface area contributed by atoms with Gasteiger partial charge in [-0.2, -0.15) is 0 Å². The summed E-state index contributed by atoms with van der Waals surface area (Å²) in [6, 6.07) is 4.73. The molecule has 2 aliphatic rings. The molecule has 116 valence electrons. The van der Waals surface area contributed by atoms with Crippen LogP contribution in [0.2, 0.25) is 0 Å². The molecule has 0 aromatic heterocycles. The Morgan fingerprint density at radius 3 is 2.71 bits per heavy atom. The van der Waals surface area contributed by atoms with Crippen molar-refractivity contribution in [2.75, 3.05) is 13.1 Å². The van der Waals surface area contributed by atoms with Gasteiger partial charge >= 0.3 is 0 Å². The van der Waals surface area contributed by atoms with Gasteiger partial charge in [0.15, 0.2) is 0 Å². The number of hydrogen-bond acceptors (Lipinski definition) is 2. The summed E-state index contributed by atoms with van der Waals surface area (Å²) in [5, 5.41) is 3.56. The normalized spacial score (nSPS) is 24.3. The van der Waals surface area contributed by atoms with Crippen LogP contribution in [0.3, 0.4) is 0 Å². The van der Waals surface area contributed by atoms with Crippen LogP contribution in [-0.2, 0) is 0 Å². The van der Waals surface area contributed by atoms with Crippen LogP contribution in [0, 0.1) is 11.6 Å². The minimum Gasteiger partial charge on any atom is -0.313 e. The van der Waals surface area contributed by atoms with E-state index in [2.05, 4.69) is 10.2 Å². The topological polar surface area (TPSA) is 15.3 Å². The molecule has 0 amide bonds. The van der Waals surface area contributed by atoms with Gasteiger partial charge in [-0.1, -0.05) is 6.42 Å². The summed E-state index contributed by atoms with van der Waals surface area (Å²) < 4.78 is 27.5. The van der Waals surface area contributed by atoms with E-state index in [4.69, 9.17) is 0 Å². The van der Waals surface area contributed by atoms with Crippen LogP contribution < -0.4 is 5.32 Å². The lowest BCUT2D eigenvalue weighted by Gasteiger charge is -2.35. The summed E-state index contributed by atoms with van der Waals surface area (Å²) in [6.07, 6.45) is 6.04. The fraction of sp³-hybridized carbons (Fsp3) is 0.647. The maximum atomic E-state index is 14.0. The molecule has 21 heavy (non-hydrogen) atoms. The molecule has 0 bridgehead atoms. The Morgan fingerprint density at radius 1 is 1.24 bits per heavy atom. The summed E-state index contributed by atoms with van der Waals surface area (Å²) >= 11 is 0. The average molecular weight is 294 g/mol. The minimum atomic E-state index is -0.357. The lowest BCUT2D eigenvalue weighted by Crippen LogP contribution is -2.45. The van der Waals surface area contributed by atoms with Gasteiger partial charge in [-0.15, -0.1) is 0 Å². The zero-order valence-corrected chi connectivity index (χ0v) is 12.6. The molecule has 1 saturated heterocycles. The first-order valence-corrected chi connectivity index (χ1v) is 8.09. The number of nitrogens with one attached hydrogen (secondary N) is 1. The number of benzene rings is 1. The van der Waals surface area contributed by atoms with Crippen LogP contribution in [0.1, 0.15) is 50.6 Å². The highest BCUT2D eigenvalue weighted by atomic mass is 19.1. The second-order valence-corrected chi connectivity index (χ2v) is 6.42. The van der Waals surface area contributed by atoms with Gasteiger partial charge < -0.3 is 5.32 Å². The second-order valence-electron chi connectivity index (χ2n) is 6.42. The van der Waals surface area contributed by atoms with Crippen molar-refractivity contribution in [2.45, 2.75) is 57.2 Å². The first-order chi connectivity index (χ1) is 10.1. The van der Waals surface area contributed by atoms with Gasteiger partial charge in [0.1, 0.15) is 11.6 Å². The molecule has 1 N–H and O–H groups in total. The van der Waals surface area contributed by atoms with Gasteiger partial charge in [-0.25, -0.2) is 8.78 Å². The summed E-state index contributed by atoms with van der Waals surface area (Å²) in [5.41, 5.74) is 0.484. The second kappa shape index (κ2) is 6.41. The van der Waals surface area contributed by atoms with Crippen molar-refractivity contribution < 1.29 is 8.78 Å². The summed E-state index contributed by atoms with van der Waals surface area (Å²) in [4.78, 5) is 2.36. The van der Waals surface area contributed by atoms with Crippen LogP contribution in [0.5, 0.6) is 0 Å². The first-order valence-electron chi connectivity index (χ1n) is 8.09. The van der Waals surface area contributed by atoms with Gasteiger partial charge in [0.2, 0.25) is 0 Å². The third-order valence-electron chi connectivity index (χ3n) is 4.77. The predicted octanol–water partition coefficient (Wildman–Crippen LogP) is 3.63. The summed E-state index contributed by atoms with van der Waals surface area (Å²) in [7, 11) is 0. The highest BCUT2D eigenvalue weighted by molar-refractivity contribution is 5.22. The molecule has 1 saturated carbocycles. The van der Waals surface area contributed by atoms with E-state index in [1.54, 1.807) is 0 Å². The van der Waals surface area contributed by atoms with Crippen LogP contribution in [-0.4, -0.2) is 30.1 Å². The Bertz CT molecular complexity index is 482. The molecule has 1 aliphatic carbocycles. The molecule has 2 fully saturated rings. The number of nitrogens with zero attached hydrogens (tertiary/aromatic N) is 1. The Morgan fingerprint density at radius 2 is 2.05 bits per heavy atom. The van der Waals surface area contributed by atoms with E-state index < -0.39 is 0 Å². The lowest BCUT2D eigenvalue weighted by molar-refractivity contribution is 0.164. The van der Waals surface area contributed by atoms with Crippen LogP contribution in [0.15, 0.2) is 18.2 Å². The Kier molecular flexibility index (Phi) is 4.55. The van der Waals surface area contributed by atoms with Crippen molar-refractivity contribution in [3.05, 3.63) is 35.4 Å². The molecule has 1 aromatic rings. The van der Waals surface area contributed by atoms with Gasteiger partial charge in [-0.05, 0) is 57.4 Å². The maximum Gasteiger partial charge on any atom is 0.128 e. The Hall–Kier alpha value is -1.00. The molecule has 4 heteroatoms. The third kappa shape index (κ3) is 3.61. The molecule has 2 nitrogen and oxygen atoms in total. The fourth-order valence-corrected chi connectivity index (χ4v) is 3.38. The molecular weight excluding hydrogens is 270 g/mol. The molecule has 0 spiro atoms. The quantitative estimate of drug-likeness (QED) is 0.892. The number of piperidine rings is 1. The zero-order chi connectivity index (χ0) is 14.8. The molecule has 1 aromatic carbocycles. The van der Waals surface area contributed by atoms with Gasteiger partial charge in [0.05, 0.1) is 0 Å². The molecule has 2 atom stereocenters. The summed E-state index contributed by atoms with van der Waals surface area (Å²) in [5.74, 6) is -0.657. The standard InChI is InChI=1S/C17H24F2N2/c1-12(16-10-13(18)5-8-17(16)19)21(15-6-7-15)11-14-4-2-3-9-20-14/h5,8,10,12,14-15,20H,2-4,6-7,9,11H2,1H3. The maximum absolute atomic E-state index is 14.0. The van der Waals surface area contributed by atoms with E-state index in [-0.39, 0.29) is 17.7 Å². The summed E-state index contributed by atoms with van der Waals surface area (Å²) in [6.45, 7) is 4.01. The molecule has 2 unspecified atom stereocenters. The predicted molar refractivity (Wildman–Crippen MR) is 80.1 cm³/mol. The van der Waals surface area contributed by atoms with Crippen LogP contribution in [0.4, 0.5) is 8.78 Å². The smallest absolute Gasteiger partial charge is 0.128 e. The van der Waals surface area contributed by atoms with E-state index in [1.807, 2.05) is 6.92 Å². The number of halogens is 2. The highest BCUT2D eigenvalue weighted by Gasteiger charge is 2.35. The average Bonchev–Trinajstić information content (AvgIpc) is 3.32. The van der Waals surface area contributed by atoms with Gasteiger partial charge in [-0.3, -0.25) is 4.90 Å². The number of rotatable bonds is 5. The van der Waals surface area contributed by atoms with E-state index >= 15 is 0 Å². The first kappa shape index (κ1) is 14.9. The van der Waals surface area contributed by atoms with E-state index in [0.717, 1.165) is 13.1 Å². The van der Waals surface area contributed by atoms with Crippen molar-refractivity contribution in [3.8, 4) is 0 Å². The van der Waals surface area contributed by atoms with Crippen molar-refractivity contribution in [3.63, 3.8) is 0 Å². The SMILES string of the molecule is CC(c1cc(F)ccc1F)N(CC1CCCCN1)C1CC1. The van der Waals surface area contributed by atoms with Crippen LogP contribution >= 0.6 is 0 Å². The molecule has 1 aliphatic heterocycles. The molecule has 0 radical (unpaired) electrons. The third-order valence-corrected chi connectivity index (χ3v) is 4.77. The molecular formula is C17H24F2N2. The van der Waals surface area contributed by atoms with Crippen LogP contribution in [0.25, 0.3) is 0 Å². The lowest BCUT2D eigenvalue weighted by atomic mass is 10.0. The molecule has 3 rings (SSSR count).